The lowest BCUT2D eigenvalue weighted by atomic mass is 10.2. The number of aromatic nitrogens is 2. The Morgan fingerprint density at radius 1 is 1.14 bits per heavy atom. The summed E-state index contributed by atoms with van der Waals surface area (Å²) >= 11 is 0. The molecule has 1 saturated heterocycles. The normalized spacial score (nSPS) is 15.2. The van der Waals surface area contributed by atoms with Crippen LogP contribution in [-0.4, -0.2) is 46.8 Å². The van der Waals surface area contributed by atoms with Crippen LogP contribution in [0.25, 0.3) is 0 Å². The van der Waals surface area contributed by atoms with Crippen LogP contribution in [0.15, 0.2) is 30.5 Å². The van der Waals surface area contributed by atoms with Gasteiger partial charge in [0.2, 0.25) is 0 Å². The number of benzene rings is 1. The monoisotopic (exact) mass is 298 g/mol. The number of anilines is 1. The third-order valence-corrected chi connectivity index (χ3v) is 4.15. The smallest absolute Gasteiger partial charge is 0.274 e. The summed E-state index contributed by atoms with van der Waals surface area (Å²) in [6.07, 6.45) is 1.89. The molecule has 1 amide bonds. The van der Waals surface area contributed by atoms with Crippen LogP contribution in [0.3, 0.4) is 0 Å². The van der Waals surface area contributed by atoms with Crippen LogP contribution in [0.4, 0.5) is 5.69 Å². The molecule has 116 valence electrons. The van der Waals surface area contributed by atoms with E-state index in [0.717, 1.165) is 31.7 Å². The van der Waals surface area contributed by atoms with Crippen molar-refractivity contribution in [3.63, 3.8) is 0 Å². The number of nitrogens with zero attached hydrogens (tertiary/aromatic N) is 4. The summed E-state index contributed by atoms with van der Waals surface area (Å²) in [6, 6.07) is 8.51. The van der Waals surface area contributed by atoms with Gasteiger partial charge in [-0.05, 0) is 31.5 Å². The van der Waals surface area contributed by atoms with Gasteiger partial charge in [-0.1, -0.05) is 12.1 Å². The molecule has 5 heteroatoms. The fourth-order valence-electron chi connectivity index (χ4n) is 2.96. The van der Waals surface area contributed by atoms with Crippen LogP contribution in [0.2, 0.25) is 0 Å². The molecule has 1 aliphatic heterocycles. The van der Waals surface area contributed by atoms with Gasteiger partial charge in [-0.3, -0.25) is 9.48 Å². The minimum atomic E-state index is 0.0435. The van der Waals surface area contributed by atoms with Gasteiger partial charge in [-0.15, -0.1) is 0 Å². The third kappa shape index (κ3) is 2.84. The van der Waals surface area contributed by atoms with Crippen molar-refractivity contribution in [3.05, 3.63) is 47.3 Å². The van der Waals surface area contributed by atoms with Crippen LogP contribution >= 0.6 is 0 Å². The van der Waals surface area contributed by atoms with E-state index in [0.29, 0.717) is 5.69 Å². The lowest BCUT2D eigenvalue weighted by molar-refractivity contribution is 0.0739. The molecule has 1 aliphatic rings. The van der Waals surface area contributed by atoms with E-state index < -0.39 is 0 Å². The van der Waals surface area contributed by atoms with E-state index in [1.807, 2.05) is 25.1 Å². The number of amides is 1. The van der Waals surface area contributed by atoms with E-state index in [2.05, 4.69) is 41.2 Å². The number of rotatable bonds is 2. The van der Waals surface area contributed by atoms with Gasteiger partial charge in [0.1, 0.15) is 0 Å². The molecule has 0 aliphatic carbocycles. The number of hydrogen-bond donors (Lipinski definition) is 0. The van der Waals surface area contributed by atoms with Crippen LogP contribution < -0.4 is 4.90 Å². The molecule has 0 saturated carbocycles. The van der Waals surface area contributed by atoms with E-state index in [4.69, 9.17) is 0 Å². The van der Waals surface area contributed by atoms with Crippen LogP contribution in [0, 0.1) is 13.8 Å². The number of hydrogen-bond acceptors (Lipinski definition) is 3. The SMILES string of the molecule is Cc1cccc(N2CCN(C(=O)c3nn(C)cc3C)CC2)c1. The summed E-state index contributed by atoms with van der Waals surface area (Å²) in [5.74, 6) is 0.0435. The Morgan fingerprint density at radius 2 is 1.86 bits per heavy atom. The third-order valence-electron chi connectivity index (χ3n) is 4.15. The average Bonchev–Trinajstić information content (AvgIpc) is 2.85. The van der Waals surface area contributed by atoms with E-state index >= 15 is 0 Å². The van der Waals surface area contributed by atoms with Crippen molar-refractivity contribution in [1.82, 2.24) is 14.7 Å². The fourth-order valence-corrected chi connectivity index (χ4v) is 2.96. The summed E-state index contributed by atoms with van der Waals surface area (Å²) in [4.78, 5) is 16.8. The number of piperazine rings is 1. The van der Waals surface area contributed by atoms with Gasteiger partial charge in [-0.2, -0.15) is 5.10 Å². The second kappa shape index (κ2) is 5.83. The number of carbonyl (C=O) groups is 1. The molecule has 1 fully saturated rings. The Morgan fingerprint density at radius 3 is 2.45 bits per heavy atom. The lowest BCUT2D eigenvalue weighted by Crippen LogP contribution is -2.49. The first-order chi connectivity index (χ1) is 10.5. The largest absolute Gasteiger partial charge is 0.368 e. The van der Waals surface area contributed by atoms with Crippen molar-refractivity contribution < 1.29 is 4.79 Å². The maximum atomic E-state index is 12.6. The average molecular weight is 298 g/mol. The predicted octanol–water partition coefficient (Wildman–Crippen LogP) is 2.00. The van der Waals surface area contributed by atoms with Crippen molar-refractivity contribution >= 4 is 11.6 Å². The minimum Gasteiger partial charge on any atom is -0.368 e. The van der Waals surface area contributed by atoms with Gasteiger partial charge < -0.3 is 9.80 Å². The molecule has 0 radical (unpaired) electrons. The zero-order valence-corrected chi connectivity index (χ0v) is 13.4. The molecule has 1 aromatic heterocycles. The van der Waals surface area contributed by atoms with E-state index in [-0.39, 0.29) is 5.91 Å². The second-order valence-corrected chi connectivity index (χ2v) is 5.95. The number of carbonyl (C=O) groups excluding carboxylic acids is 1. The molecule has 5 nitrogen and oxygen atoms in total. The second-order valence-electron chi connectivity index (χ2n) is 5.95. The highest BCUT2D eigenvalue weighted by molar-refractivity contribution is 5.93. The van der Waals surface area contributed by atoms with Crippen LogP contribution in [0.5, 0.6) is 0 Å². The summed E-state index contributed by atoms with van der Waals surface area (Å²) in [7, 11) is 1.85. The Labute approximate surface area is 131 Å². The molecule has 0 N–H and O–H groups in total. The molecule has 2 aromatic rings. The van der Waals surface area contributed by atoms with E-state index in [1.54, 1.807) is 4.68 Å². The maximum absolute atomic E-state index is 12.6. The first-order valence-corrected chi connectivity index (χ1v) is 7.66. The van der Waals surface area contributed by atoms with Crippen molar-refractivity contribution in [2.45, 2.75) is 13.8 Å². The molecular weight excluding hydrogens is 276 g/mol. The molecule has 22 heavy (non-hydrogen) atoms. The molecule has 1 aromatic carbocycles. The molecule has 0 bridgehead atoms. The molecule has 0 unspecified atom stereocenters. The molecule has 0 spiro atoms. The summed E-state index contributed by atoms with van der Waals surface area (Å²) in [6.45, 7) is 7.24. The van der Waals surface area contributed by atoms with Crippen molar-refractivity contribution in [2.75, 3.05) is 31.1 Å². The Bertz CT molecular complexity index is 684. The van der Waals surface area contributed by atoms with Crippen molar-refractivity contribution in [1.29, 1.82) is 0 Å². The standard InChI is InChI=1S/C17H22N4O/c1-13-5-4-6-15(11-13)20-7-9-21(10-8-20)17(22)16-14(2)12-19(3)18-16/h4-6,11-12H,7-10H2,1-3H3. The summed E-state index contributed by atoms with van der Waals surface area (Å²) in [5, 5.41) is 4.29. The van der Waals surface area contributed by atoms with Crippen LogP contribution in [-0.2, 0) is 7.05 Å². The van der Waals surface area contributed by atoms with Gasteiger partial charge in [0, 0.05) is 50.7 Å². The predicted molar refractivity (Wildman–Crippen MR) is 87.2 cm³/mol. The molecule has 2 heterocycles. The molecule has 0 atom stereocenters. The van der Waals surface area contributed by atoms with Crippen molar-refractivity contribution in [2.24, 2.45) is 7.05 Å². The Hall–Kier alpha value is -2.30. The van der Waals surface area contributed by atoms with Gasteiger partial charge in [0.25, 0.3) is 5.91 Å². The highest BCUT2D eigenvalue weighted by atomic mass is 16.2. The van der Waals surface area contributed by atoms with Crippen molar-refractivity contribution in [3.8, 4) is 0 Å². The highest BCUT2D eigenvalue weighted by Gasteiger charge is 2.25. The van der Waals surface area contributed by atoms with Gasteiger partial charge in [0.05, 0.1) is 0 Å². The Balaban J connectivity index is 1.67. The molecule has 3 rings (SSSR count). The fraction of sp³-hybridized carbons (Fsp3) is 0.412. The van der Waals surface area contributed by atoms with E-state index in [1.165, 1.54) is 11.3 Å². The van der Waals surface area contributed by atoms with E-state index in [9.17, 15) is 4.79 Å². The Kier molecular flexibility index (Phi) is 3.88. The first-order valence-electron chi connectivity index (χ1n) is 7.66. The topological polar surface area (TPSA) is 41.4 Å². The zero-order chi connectivity index (χ0) is 15.7. The highest BCUT2D eigenvalue weighted by Crippen LogP contribution is 2.19. The maximum Gasteiger partial charge on any atom is 0.274 e. The first kappa shape index (κ1) is 14.6. The minimum absolute atomic E-state index is 0.0435. The zero-order valence-electron chi connectivity index (χ0n) is 13.4. The number of aryl methyl sites for hydroxylation is 3. The molecular formula is C17H22N4O. The summed E-state index contributed by atoms with van der Waals surface area (Å²) in [5.41, 5.74) is 4.02. The van der Waals surface area contributed by atoms with Gasteiger partial charge in [-0.25, -0.2) is 0 Å². The lowest BCUT2D eigenvalue weighted by Gasteiger charge is -2.36. The van der Waals surface area contributed by atoms with Gasteiger partial charge in [0.15, 0.2) is 5.69 Å². The summed E-state index contributed by atoms with van der Waals surface area (Å²) < 4.78 is 1.70. The van der Waals surface area contributed by atoms with Gasteiger partial charge >= 0.3 is 0 Å². The quantitative estimate of drug-likeness (QED) is 0.851. The van der Waals surface area contributed by atoms with Crippen LogP contribution in [0.1, 0.15) is 21.6 Å².